The van der Waals surface area contributed by atoms with E-state index in [0.717, 1.165) is 49.1 Å². The molecule has 1 aliphatic rings. The van der Waals surface area contributed by atoms with Gasteiger partial charge in [0.1, 0.15) is 12.0 Å². The molecule has 1 amide bonds. The molecule has 5 heteroatoms. The van der Waals surface area contributed by atoms with Gasteiger partial charge in [-0.3, -0.25) is 9.48 Å². The van der Waals surface area contributed by atoms with Gasteiger partial charge in [-0.15, -0.1) is 0 Å². The van der Waals surface area contributed by atoms with Gasteiger partial charge >= 0.3 is 0 Å². The van der Waals surface area contributed by atoms with Gasteiger partial charge in [0.25, 0.3) is 5.91 Å². The SMILES string of the molecule is CC1CCC(c2c(CC=O)nn(C(C)C)c2C(N)=O)CC1. The van der Waals surface area contributed by atoms with E-state index in [9.17, 15) is 9.59 Å². The van der Waals surface area contributed by atoms with Gasteiger partial charge in [0.05, 0.1) is 5.69 Å². The maximum absolute atomic E-state index is 11.9. The first-order valence-electron chi connectivity index (χ1n) is 7.80. The first kappa shape index (κ1) is 15.7. The van der Waals surface area contributed by atoms with Crippen LogP contribution in [0.4, 0.5) is 0 Å². The molecule has 1 saturated carbocycles. The molecule has 5 nitrogen and oxygen atoms in total. The number of hydrogen-bond acceptors (Lipinski definition) is 3. The molecule has 0 atom stereocenters. The fourth-order valence-corrected chi connectivity index (χ4v) is 3.32. The third kappa shape index (κ3) is 3.17. The van der Waals surface area contributed by atoms with Crippen LogP contribution in [0.15, 0.2) is 0 Å². The first-order chi connectivity index (χ1) is 9.95. The molecule has 0 bridgehead atoms. The van der Waals surface area contributed by atoms with Crippen molar-refractivity contribution in [1.82, 2.24) is 9.78 Å². The van der Waals surface area contributed by atoms with Crippen LogP contribution in [0.1, 0.15) is 80.2 Å². The van der Waals surface area contributed by atoms with E-state index >= 15 is 0 Å². The van der Waals surface area contributed by atoms with Crippen LogP contribution >= 0.6 is 0 Å². The quantitative estimate of drug-likeness (QED) is 0.847. The monoisotopic (exact) mass is 291 g/mol. The lowest BCUT2D eigenvalue weighted by Gasteiger charge is -2.27. The zero-order chi connectivity index (χ0) is 15.6. The molecule has 0 saturated heterocycles. The number of aromatic nitrogens is 2. The minimum Gasteiger partial charge on any atom is -0.364 e. The van der Waals surface area contributed by atoms with Gasteiger partial charge in [0.2, 0.25) is 0 Å². The minimum atomic E-state index is -0.443. The highest BCUT2D eigenvalue weighted by molar-refractivity contribution is 5.93. The van der Waals surface area contributed by atoms with Crippen LogP contribution in [0.25, 0.3) is 0 Å². The molecule has 21 heavy (non-hydrogen) atoms. The highest BCUT2D eigenvalue weighted by Gasteiger charge is 2.30. The van der Waals surface area contributed by atoms with Crippen molar-refractivity contribution in [2.24, 2.45) is 11.7 Å². The fourth-order valence-electron chi connectivity index (χ4n) is 3.32. The standard InChI is InChI=1S/C16H25N3O2/c1-10(2)19-15(16(17)21)14(13(18-19)8-9-20)12-6-4-11(3)5-7-12/h9-12H,4-8H2,1-3H3,(H2,17,21). The Kier molecular flexibility index (Phi) is 4.80. The van der Waals surface area contributed by atoms with Crippen LogP contribution in [0, 0.1) is 5.92 Å². The number of nitrogens with two attached hydrogens (primary N) is 1. The lowest BCUT2D eigenvalue weighted by atomic mass is 9.78. The van der Waals surface area contributed by atoms with E-state index < -0.39 is 5.91 Å². The third-order valence-corrected chi connectivity index (χ3v) is 4.45. The highest BCUT2D eigenvalue weighted by Crippen LogP contribution is 2.39. The Labute approximate surface area is 125 Å². The number of aldehydes is 1. The Hall–Kier alpha value is -1.65. The van der Waals surface area contributed by atoms with Gasteiger partial charge < -0.3 is 10.5 Å². The van der Waals surface area contributed by atoms with E-state index in [1.807, 2.05) is 13.8 Å². The molecule has 1 aromatic rings. The van der Waals surface area contributed by atoms with Crippen LogP contribution in [0.5, 0.6) is 0 Å². The summed E-state index contributed by atoms with van der Waals surface area (Å²) in [5.74, 6) is 0.584. The molecule has 0 unspecified atom stereocenters. The maximum Gasteiger partial charge on any atom is 0.267 e. The van der Waals surface area contributed by atoms with Gasteiger partial charge in [-0.05, 0) is 38.5 Å². The normalized spacial score (nSPS) is 22.5. The van der Waals surface area contributed by atoms with E-state index in [-0.39, 0.29) is 12.5 Å². The van der Waals surface area contributed by atoms with E-state index in [2.05, 4.69) is 12.0 Å². The number of primary amides is 1. The first-order valence-corrected chi connectivity index (χ1v) is 7.80. The van der Waals surface area contributed by atoms with Crippen LogP contribution in [0.3, 0.4) is 0 Å². The highest BCUT2D eigenvalue weighted by atomic mass is 16.1. The van der Waals surface area contributed by atoms with Gasteiger partial charge in [0.15, 0.2) is 0 Å². The van der Waals surface area contributed by atoms with Crippen molar-refractivity contribution in [2.75, 3.05) is 0 Å². The van der Waals surface area contributed by atoms with Crippen molar-refractivity contribution >= 4 is 12.2 Å². The molecule has 0 aliphatic heterocycles. The third-order valence-electron chi connectivity index (χ3n) is 4.45. The molecule has 1 heterocycles. The second-order valence-corrected chi connectivity index (χ2v) is 6.44. The summed E-state index contributed by atoms with van der Waals surface area (Å²) in [6.07, 6.45) is 5.48. The average Bonchev–Trinajstić information content (AvgIpc) is 2.80. The molecule has 0 radical (unpaired) electrons. The molecule has 0 aromatic carbocycles. The van der Waals surface area contributed by atoms with Crippen LogP contribution < -0.4 is 5.73 Å². The number of carbonyl (C=O) groups excluding carboxylic acids is 2. The topological polar surface area (TPSA) is 78.0 Å². The summed E-state index contributed by atoms with van der Waals surface area (Å²) in [6, 6.07) is 0.0502. The number of amides is 1. The van der Waals surface area contributed by atoms with Crippen LogP contribution in [-0.4, -0.2) is 22.0 Å². The lowest BCUT2D eigenvalue weighted by molar-refractivity contribution is -0.107. The van der Waals surface area contributed by atoms with E-state index in [0.29, 0.717) is 11.6 Å². The number of hydrogen-bond donors (Lipinski definition) is 1. The predicted molar refractivity (Wildman–Crippen MR) is 81.3 cm³/mol. The largest absolute Gasteiger partial charge is 0.364 e. The van der Waals surface area contributed by atoms with Gasteiger partial charge in [0, 0.05) is 18.0 Å². The van der Waals surface area contributed by atoms with E-state index in [1.54, 1.807) is 4.68 Å². The summed E-state index contributed by atoms with van der Waals surface area (Å²) < 4.78 is 1.69. The Morgan fingerprint density at radius 1 is 1.38 bits per heavy atom. The molecule has 0 spiro atoms. The summed E-state index contributed by atoms with van der Waals surface area (Å²) in [5.41, 5.74) is 7.76. The Morgan fingerprint density at radius 2 is 2.00 bits per heavy atom. The molecule has 2 rings (SSSR count). The number of rotatable bonds is 5. The van der Waals surface area contributed by atoms with Crippen LogP contribution in [-0.2, 0) is 11.2 Å². The van der Waals surface area contributed by atoms with Crippen molar-refractivity contribution in [3.8, 4) is 0 Å². The maximum atomic E-state index is 11.9. The molecule has 1 aliphatic carbocycles. The Bertz CT molecular complexity index is 526. The van der Waals surface area contributed by atoms with Gasteiger partial charge in [-0.25, -0.2) is 0 Å². The smallest absolute Gasteiger partial charge is 0.267 e. The molecule has 2 N–H and O–H groups in total. The molecular formula is C16H25N3O2. The fraction of sp³-hybridized carbons (Fsp3) is 0.688. The van der Waals surface area contributed by atoms with Crippen molar-refractivity contribution < 1.29 is 9.59 Å². The molecule has 1 fully saturated rings. The molecular weight excluding hydrogens is 266 g/mol. The lowest BCUT2D eigenvalue weighted by Crippen LogP contribution is -2.22. The summed E-state index contributed by atoms with van der Waals surface area (Å²) in [7, 11) is 0. The van der Waals surface area contributed by atoms with Crippen molar-refractivity contribution in [3.63, 3.8) is 0 Å². The Balaban J connectivity index is 2.49. The number of nitrogens with zero attached hydrogens (tertiary/aromatic N) is 2. The Morgan fingerprint density at radius 3 is 2.48 bits per heavy atom. The molecule has 1 aromatic heterocycles. The van der Waals surface area contributed by atoms with Crippen molar-refractivity contribution in [3.05, 3.63) is 17.0 Å². The summed E-state index contributed by atoms with van der Waals surface area (Å²) in [6.45, 7) is 6.20. The molecule has 116 valence electrons. The average molecular weight is 291 g/mol. The zero-order valence-corrected chi connectivity index (χ0v) is 13.1. The number of carbonyl (C=O) groups is 2. The van der Waals surface area contributed by atoms with E-state index in [4.69, 9.17) is 5.73 Å². The van der Waals surface area contributed by atoms with Gasteiger partial charge in [-0.1, -0.05) is 19.8 Å². The van der Waals surface area contributed by atoms with Crippen molar-refractivity contribution in [2.45, 2.75) is 64.8 Å². The van der Waals surface area contributed by atoms with E-state index in [1.165, 1.54) is 0 Å². The van der Waals surface area contributed by atoms with Crippen LogP contribution in [0.2, 0.25) is 0 Å². The predicted octanol–water partition coefficient (Wildman–Crippen LogP) is 2.60. The van der Waals surface area contributed by atoms with Gasteiger partial charge in [-0.2, -0.15) is 5.10 Å². The van der Waals surface area contributed by atoms with Crippen molar-refractivity contribution in [1.29, 1.82) is 0 Å². The summed E-state index contributed by atoms with van der Waals surface area (Å²) >= 11 is 0. The minimum absolute atomic E-state index is 0.0502. The summed E-state index contributed by atoms with van der Waals surface area (Å²) in [4.78, 5) is 22.9. The second-order valence-electron chi connectivity index (χ2n) is 6.44. The second kappa shape index (κ2) is 6.41. The zero-order valence-electron chi connectivity index (χ0n) is 13.1. The summed E-state index contributed by atoms with van der Waals surface area (Å²) in [5, 5.41) is 4.50.